The maximum Gasteiger partial charge on any atom is 0.128 e. The molecule has 2 N–H and O–H groups in total. The van der Waals surface area contributed by atoms with Crippen LogP contribution in [0.1, 0.15) is 25.7 Å². The lowest BCUT2D eigenvalue weighted by Gasteiger charge is -2.27. The van der Waals surface area contributed by atoms with Crippen molar-refractivity contribution in [2.75, 3.05) is 6.61 Å². The predicted molar refractivity (Wildman–Crippen MR) is 46.2 cm³/mol. The summed E-state index contributed by atoms with van der Waals surface area (Å²) in [7, 11) is 0. The van der Waals surface area contributed by atoms with Gasteiger partial charge in [-0.3, -0.25) is 4.84 Å². The van der Waals surface area contributed by atoms with Crippen molar-refractivity contribution in [3.8, 4) is 12.3 Å². The molecule has 0 aliphatic heterocycles. The topological polar surface area (TPSA) is 41.5 Å². The van der Waals surface area contributed by atoms with Gasteiger partial charge in [0, 0.05) is 0 Å². The molecule has 1 fully saturated rings. The molecule has 0 spiro atoms. The molecular weight excluding hydrogens is 154 g/mol. The predicted octanol–water partition coefficient (Wildman–Crippen LogP) is 0.444. The van der Waals surface area contributed by atoms with Gasteiger partial charge in [-0.2, -0.15) is 5.48 Å². The summed E-state index contributed by atoms with van der Waals surface area (Å²) in [6, 6.07) is 0.0621. The van der Waals surface area contributed by atoms with Crippen LogP contribution in [0, 0.1) is 12.3 Å². The van der Waals surface area contributed by atoms with Crippen molar-refractivity contribution < 1.29 is 9.94 Å². The summed E-state index contributed by atoms with van der Waals surface area (Å²) >= 11 is 0. The van der Waals surface area contributed by atoms with E-state index in [0.29, 0.717) is 0 Å². The zero-order valence-electron chi connectivity index (χ0n) is 7.12. The van der Waals surface area contributed by atoms with Crippen LogP contribution in [0.5, 0.6) is 0 Å². The highest BCUT2D eigenvalue weighted by atomic mass is 16.6. The molecule has 1 aliphatic rings. The fourth-order valence-corrected chi connectivity index (χ4v) is 1.44. The smallest absolute Gasteiger partial charge is 0.128 e. The molecule has 0 aromatic heterocycles. The van der Waals surface area contributed by atoms with Crippen molar-refractivity contribution in [2.24, 2.45) is 0 Å². The van der Waals surface area contributed by atoms with Crippen LogP contribution in [0.2, 0.25) is 0 Å². The fourth-order valence-electron chi connectivity index (χ4n) is 1.44. The number of rotatable bonds is 3. The Kier molecular flexibility index (Phi) is 4.09. The van der Waals surface area contributed by atoms with E-state index in [-0.39, 0.29) is 18.8 Å². The van der Waals surface area contributed by atoms with Crippen LogP contribution in [-0.4, -0.2) is 23.9 Å². The van der Waals surface area contributed by atoms with Crippen LogP contribution in [0.3, 0.4) is 0 Å². The molecule has 0 bridgehead atoms. The van der Waals surface area contributed by atoms with Gasteiger partial charge in [-0.15, -0.1) is 6.42 Å². The Bertz CT molecular complexity index is 164. The molecule has 1 aliphatic carbocycles. The van der Waals surface area contributed by atoms with Crippen molar-refractivity contribution in [1.29, 1.82) is 0 Å². The second-order valence-electron chi connectivity index (χ2n) is 3.07. The van der Waals surface area contributed by atoms with Gasteiger partial charge in [-0.05, 0) is 12.8 Å². The van der Waals surface area contributed by atoms with Gasteiger partial charge >= 0.3 is 0 Å². The van der Waals surface area contributed by atoms with Gasteiger partial charge in [0.15, 0.2) is 0 Å². The molecule has 2 atom stereocenters. The molecule has 3 nitrogen and oxygen atoms in total. The Morgan fingerprint density at radius 3 is 2.92 bits per heavy atom. The first-order chi connectivity index (χ1) is 5.84. The van der Waals surface area contributed by atoms with Crippen LogP contribution in [0.4, 0.5) is 0 Å². The SMILES string of the molecule is C#CCON[C@@H]1CCCC[C@H]1O. The first-order valence-corrected chi connectivity index (χ1v) is 4.33. The molecule has 0 amide bonds. The number of hydrogen-bond acceptors (Lipinski definition) is 3. The van der Waals surface area contributed by atoms with Gasteiger partial charge < -0.3 is 5.11 Å². The van der Waals surface area contributed by atoms with Crippen molar-refractivity contribution >= 4 is 0 Å². The summed E-state index contributed by atoms with van der Waals surface area (Å²) in [6.07, 6.45) is 8.80. The van der Waals surface area contributed by atoms with Crippen molar-refractivity contribution in [3.63, 3.8) is 0 Å². The lowest BCUT2D eigenvalue weighted by Crippen LogP contribution is -2.42. The van der Waals surface area contributed by atoms with Crippen LogP contribution in [-0.2, 0) is 4.84 Å². The lowest BCUT2D eigenvalue weighted by atomic mass is 9.93. The third-order valence-corrected chi connectivity index (χ3v) is 2.12. The first kappa shape index (κ1) is 9.53. The minimum Gasteiger partial charge on any atom is -0.391 e. The van der Waals surface area contributed by atoms with E-state index in [4.69, 9.17) is 11.3 Å². The third-order valence-electron chi connectivity index (χ3n) is 2.12. The van der Waals surface area contributed by atoms with Crippen LogP contribution in [0.15, 0.2) is 0 Å². The van der Waals surface area contributed by atoms with Crippen molar-refractivity contribution in [3.05, 3.63) is 0 Å². The highest BCUT2D eigenvalue weighted by Crippen LogP contribution is 2.17. The van der Waals surface area contributed by atoms with Gasteiger partial charge in [0.25, 0.3) is 0 Å². The number of aliphatic hydroxyl groups excluding tert-OH is 1. The molecule has 0 unspecified atom stereocenters. The van der Waals surface area contributed by atoms with Crippen LogP contribution < -0.4 is 5.48 Å². The molecule has 1 saturated carbocycles. The zero-order valence-corrected chi connectivity index (χ0v) is 7.12. The normalized spacial score (nSPS) is 29.7. The molecule has 3 heteroatoms. The van der Waals surface area contributed by atoms with E-state index >= 15 is 0 Å². The van der Waals surface area contributed by atoms with Crippen LogP contribution in [0.25, 0.3) is 0 Å². The van der Waals surface area contributed by atoms with E-state index in [1.807, 2.05) is 0 Å². The quantitative estimate of drug-likeness (QED) is 0.366. The molecule has 1 rings (SSSR count). The number of terminal acetylenes is 1. The summed E-state index contributed by atoms with van der Waals surface area (Å²) in [6.45, 7) is 0.253. The van der Waals surface area contributed by atoms with E-state index in [1.54, 1.807) is 0 Å². The standard InChI is InChI=1S/C9H15NO2/c1-2-7-12-10-8-5-3-4-6-9(8)11/h1,8-11H,3-7H2/t8-,9-/m1/s1. The van der Waals surface area contributed by atoms with E-state index < -0.39 is 0 Å². The molecule has 0 saturated heterocycles. The van der Waals surface area contributed by atoms with Crippen molar-refractivity contribution in [2.45, 2.75) is 37.8 Å². The monoisotopic (exact) mass is 169 g/mol. The minimum absolute atomic E-state index is 0.0621. The summed E-state index contributed by atoms with van der Waals surface area (Å²) in [5.74, 6) is 2.36. The van der Waals surface area contributed by atoms with E-state index in [9.17, 15) is 5.11 Å². The van der Waals surface area contributed by atoms with Crippen molar-refractivity contribution in [1.82, 2.24) is 5.48 Å². The first-order valence-electron chi connectivity index (χ1n) is 4.33. The largest absolute Gasteiger partial charge is 0.391 e. The molecule has 68 valence electrons. The molecule has 0 aromatic rings. The molecule has 12 heavy (non-hydrogen) atoms. The second kappa shape index (κ2) is 5.15. The number of hydrogen-bond donors (Lipinski definition) is 2. The fraction of sp³-hybridized carbons (Fsp3) is 0.778. The average molecular weight is 169 g/mol. The van der Waals surface area contributed by atoms with Gasteiger partial charge in [0.2, 0.25) is 0 Å². The average Bonchev–Trinajstić information content (AvgIpc) is 2.09. The Labute approximate surface area is 73.1 Å². The Balaban J connectivity index is 2.16. The summed E-state index contributed by atoms with van der Waals surface area (Å²) < 4.78 is 0. The number of hydroxylamine groups is 1. The van der Waals surface area contributed by atoms with Gasteiger partial charge in [0.05, 0.1) is 12.1 Å². The Morgan fingerprint density at radius 2 is 2.25 bits per heavy atom. The van der Waals surface area contributed by atoms with E-state index in [2.05, 4.69) is 11.4 Å². The van der Waals surface area contributed by atoms with Gasteiger partial charge in [-0.25, -0.2) is 0 Å². The van der Waals surface area contributed by atoms with Gasteiger partial charge in [0.1, 0.15) is 6.61 Å². The molecule has 0 radical (unpaired) electrons. The Morgan fingerprint density at radius 1 is 1.50 bits per heavy atom. The third kappa shape index (κ3) is 2.82. The van der Waals surface area contributed by atoms with Gasteiger partial charge in [-0.1, -0.05) is 18.8 Å². The summed E-state index contributed by atoms with van der Waals surface area (Å²) in [5.41, 5.74) is 2.78. The van der Waals surface area contributed by atoms with E-state index in [1.165, 1.54) is 0 Å². The maximum atomic E-state index is 9.47. The highest BCUT2D eigenvalue weighted by molar-refractivity contribution is 4.83. The molecule has 0 aromatic carbocycles. The summed E-state index contributed by atoms with van der Waals surface area (Å²) in [5, 5.41) is 9.47. The minimum atomic E-state index is -0.281. The second-order valence-corrected chi connectivity index (χ2v) is 3.07. The van der Waals surface area contributed by atoms with Crippen LogP contribution >= 0.6 is 0 Å². The number of aliphatic hydroxyl groups is 1. The van der Waals surface area contributed by atoms with E-state index in [0.717, 1.165) is 25.7 Å². The molecule has 0 heterocycles. The Hall–Kier alpha value is -0.560. The summed E-state index contributed by atoms with van der Waals surface area (Å²) in [4.78, 5) is 4.95. The number of nitrogens with one attached hydrogen (secondary N) is 1. The maximum absolute atomic E-state index is 9.47. The lowest BCUT2D eigenvalue weighted by molar-refractivity contribution is -0.0233. The highest BCUT2D eigenvalue weighted by Gasteiger charge is 2.22. The molecular formula is C9H15NO2. The zero-order chi connectivity index (χ0) is 8.81.